The van der Waals surface area contributed by atoms with Crippen molar-refractivity contribution in [1.82, 2.24) is 23.3 Å². The van der Waals surface area contributed by atoms with E-state index in [2.05, 4.69) is 45.5 Å². The smallest absolute Gasteiger partial charge is 0.307 e. The summed E-state index contributed by atoms with van der Waals surface area (Å²) in [5.74, 6) is 0.299. The molecule has 0 aliphatic heterocycles. The Morgan fingerprint density at radius 2 is 0.667 bits per heavy atom. The third-order valence-electron chi connectivity index (χ3n) is 14.2. The number of halogens is 6. The lowest BCUT2D eigenvalue weighted by Crippen LogP contribution is -2.11. The number of para-hydroxylation sites is 6. The summed E-state index contributed by atoms with van der Waals surface area (Å²) in [4.78, 5) is 5.27. The Balaban J connectivity index is 1.17. The van der Waals surface area contributed by atoms with Gasteiger partial charge in [0, 0.05) is 60.0 Å². The number of alkyl halides is 6. The van der Waals surface area contributed by atoms with Crippen molar-refractivity contribution in [2.75, 3.05) is 0 Å². The predicted octanol–water partition coefficient (Wildman–Crippen LogP) is 17.2. The van der Waals surface area contributed by atoms with Crippen LogP contribution in [0, 0.1) is 0 Å². The van der Waals surface area contributed by atoms with Crippen LogP contribution in [0.15, 0.2) is 212 Å². The SMILES string of the molecule is FC(F)(F)c1cc(-c2cc(-n3c4ccccc4c4ccc5c6ccccc6n(-c6ccccc6)c5c43)ncc2-n2c3ccccc3c3ccc4c5ccccc5n(-c5ccccc5)c4c32)cc(C(F)(F)F)c1. The summed E-state index contributed by atoms with van der Waals surface area (Å²) >= 11 is 0. The van der Waals surface area contributed by atoms with Crippen LogP contribution >= 0.6 is 0 Å². The molecule has 5 aromatic heterocycles. The van der Waals surface area contributed by atoms with Gasteiger partial charge in [-0.15, -0.1) is 0 Å². The molecule has 11 heteroatoms. The number of hydrogen-bond acceptors (Lipinski definition) is 1. The van der Waals surface area contributed by atoms with Gasteiger partial charge in [-0.05, 0) is 78.4 Å². The minimum atomic E-state index is -5.11. The zero-order chi connectivity index (χ0) is 48.6. The Bertz CT molecular complexity index is 4500. The quantitative estimate of drug-likeness (QED) is 0.158. The van der Waals surface area contributed by atoms with E-state index in [1.807, 2.05) is 155 Å². The highest BCUT2D eigenvalue weighted by Gasteiger charge is 2.38. The van der Waals surface area contributed by atoms with Crippen LogP contribution in [-0.4, -0.2) is 23.3 Å². The third kappa shape index (κ3) is 6.06. The number of aromatic nitrogens is 5. The molecule has 0 amide bonds. The van der Waals surface area contributed by atoms with Crippen molar-refractivity contribution in [3.63, 3.8) is 0 Å². The second-order valence-corrected chi connectivity index (χ2v) is 18.2. The van der Waals surface area contributed by atoms with Crippen LogP contribution in [0.2, 0.25) is 0 Å². The zero-order valence-electron chi connectivity index (χ0n) is 37.7. The highest BCUT2D eigenvalue weighted by atomic mass is 19.4. The van der Waals surface area contributed by atoms with E-state index in [1.54, 1.807) is 12.3 Å². The van der Waals surface area contributed by atoms with Crippen molar-refractivity contribution in [3.8, 4) is 34.0 Å². The van der Waals surface area contributed by atoms with Crippen molar-refractivity contribution in [3.05, 3.63) is 224 Å². The summed E-state index contributed by atoms with van der Waals surface area (Å²) < 4.78 is 98.3. The highest BCUT2D eigenvalue weighted by Crippen LogP contribution is 2.47. The summed E-state index contributed by atoms with van der Waals surface area (Å²) in [6.45, 7) is 0. The second kappa shape index (κ2) is 15.2. The molecule has 0 unspecified atom stereocenters. The normalized spacial score (nSPS) is 12.6. The van der Waals surface area contributed by atoms with Crippen molar-refractivity contribution < 1.29 is 26.3 Å². The molecule has 0 N–H and O–H groups in total. The van der Waals surface area contributed by atoms with Crippen LogP contribution < -0.4 is 0 Å². The number of nitrogens with zero attached hydrogens (tertiary/aromatic N) is 5. The van der Waals surface area contributed by atoms with E-state index < -0.39 is 23.5 Å². The van der Waals surface area contributed by atoms with E-state index in [0.29, 0.717) is 22.5 Å². The molecule has 346 valence electrons. The first kappa shape index (κ1) is 41.8. The Labute approximate surface area is 405 Å². The molecule has 0 aliphatic carbocycles. The maximum Gasteiger partial charge on any atom is 0.416 e. The van der Waals surface area contributed by atoms with Gasteiger partial charge in [0.2, 0.25) is 0 Å². The van der Waals surface area contributed by atoms with Gasteiger partial charge in [0.1, 0.15) is 5.82 Å². The van der Waals surface area contributed by atoms with Crippen molar-refractivity contribution in [2.24, 2.45) is 0 Å². The number of hydrogen-bond donors (Lipinski definition) is 0. The fourth-order valence-corrected chi connectivity index (χ4v) is 11.3. The molecule has 14 rings (SSSR count). The van der Waals surface area contributed by atoms with Gasteiger partial charge in [-0.1, -0.05) is 133 Å². The summed E-state index contributed by atoms with van der Waals surface area (Å²) in [6, 6.07) is 63.4. The van der Waals surface area contributed by atoms with Gasteiger partial charge in [0.05, 0.1) is 67.1 Å². The first-order valence-electron chi connectivity index (χ1n) is 23.3. The highest BCUT2D eigenvalue weighted by molar-refractivity contribution is 6.25. The van der Waals surface area contributed by atoms with Gasteiger partial charge >= 0.3 is 12.4 Å². The van der Waals surface area contributed by atoms with Crippen LogP contribution in [0.5, 0.6) is 0 Å². The van der Waals surface area contributed by atoms with Gasteiger partial charge < -0.3 is 13.7 Å². The minimum Gasteiger partial charge on any atom is -0.307 e. The molecule has 0 radical (unpaired) electrons. The molecule has 5 nitrogen and oxygen atoms in total. The molecule has 0 bridgehead atoms. The van der Waals surface area contributed by atoms with Crippen molar-refractivity contribution in [2.45, 2.75) is 12.4 Å². The molecule has 14 aromatic rings. The number of pyridine rings is 1. The molecule has 0 fully saturated rings. The van der Waals surface area contributed by atoms with Gasteiger partial charge in [-0.25, -0.2) is 4.98 Å². The van der Waals surface area contributed by atoms with Crippen LogP contribution in [0.4, 0.5) is 26.3 Å². The van der Waals surface area contributed by atoms with E-state index in [9.17, 15) is 26.3 Å². The molecular weight excluding hydrogens is 917 g/mol. The Morgan fingerprint density at radius 1 is 0.319 bits per heavy atom. The lowest BCUT2D eigenvalue weighted by Gasteiger charge is -2.20. The fourth-order valence-electron chi connectivity index (χ4n) is 11.3. The molecule has 5 heterocycles. The number of rotatable bonds is 5. The summed E-state index contributed by atoms with van der Waals surface area (Å²) in [6.07, 6.45) is -8.61. The van der Waals surface area contributed by atoms with E-state index in [1.165, 1.54) is 0 Å². The lowest BCUT2D eigenvalue weighted by atomic mass is 9.98. The number of benzene rings is 9. The van der Waals surface area contributed by atoms with Gasteiger partial charge in [0.15, 0.2) is 0 Å². The largest absolute Gasteiger partial charge is 0.416 e. The average molecular weight is 952 g/mol. The molecule has 0 spiro atoms. The lowest BCUT2D eigenvalue weighted by molar-refractivity contribution is -0.143. The minimum absolute atomic E-state index is 0.111. The average Bonchev–Trinajstić information content (AvgIpc) is 4.14. The standard InChI is InChI=1S/C61H35F6N5/c62-60(63,64)37-31-36(32-38(33-37)61(65,66)67)49-34-55(72-53-26-14-10-22-44(53)48-30-28-46-42-20-8-12-24-51(42)70(57(46)59(48)72)40-17-5-2-6-18-40)68-35-54(49)71-52-25-13-9-21-43(52)47-29-27-45-41-19-7-11-23-50(41)69(56(45)58(47)71)39-15-3-1-4-16-39/h1-35H. The molecule has 9 aromatic carbocycles. The second-order valence-electron chi connectivity index (χ2n) is 18.2. The summed E-state index contributed by atoms with van der Waals surface area (Å²) in [7, 11) is 0. The molecule has 72 heavy (non-hydrogen) atoms. The Kier molecular flexibility index (Phi) is 8.84. The van der Waals surface area contributed by atoms with Gasteiger partial charge in [0.25, 0.3) is 0 Å². The van der Waals surface area contributed by atoms with Crippen molar-refractivity contribution >= 4 is 87.2 Å². The predicted molar refractivity (Wildman–Crippen MR) is 277 cm³/mol. The molecular formula is C61H35F6N5. The van der Waals surface area contributed by atoms with Crippen LogP contribution in [-0.2, 0) is 12.4 Å². The Hall–Kier alpha value is -9.09. The molecule has 0 aliphatic rings. The zero-order valence-corrected chi connectivity index (χ0v) is 37.7. The topological polar surface area (TPSA) is 32.6 Å². The monoisotopic (exact) mass is 951 g/mol. The van der Waals surface area contributed by atoms with Gasteiger partial charge in [-0.2, -0.15) is 26.3 Å². The van der Waals surface area contributed by atoms with Crippen molar-refractivity contribution in [1.29, 1.82) is 0 Å². The van der Waals surface area contributed by atoms with E-state index in [-0.39, 0.29) is 17.2 Å². The van der Waals surface area contributed by atoms with Crippen LogP contribution in [0.3, 0.4) is 0 Å². The van der Waals surface area contributed by atoms with E-state index in [0.717, 1.165) is 99.7 Å². The van der Waals surface area contributed by atoms with Gasteiger partial charge in [-0.3, -0.25) is 4.57 Å². The third-order valence-corrected chi connectivity index (χ3v) is 14.2. The first-order valence-corrected chi connectivity index (χ1v) is 23.3. The molecule has 0 atom stereocenters. The fraction of sp³-hybridized carbons (Fsp3) is 0.0328. The first-order chi connectivity index (χ1) is 35.0. The van der Waals surface area contributed by atoms with Crippen LogP contribution in [0.25, 0.3) is 121 Å². The maximum absolute atomic E-state index is 15.0. The summed E-state index contributed by atoms with van der Waals surface area (Å²) in [5.41, 5.74) is 5.54. The summed E-state index contributed by atoms with van der Waals surface area (Å²) in [5, 5.41) is 7.32. The van der Waals surface area contributed by atoms with Crippen LogP contribution in [0.1, 0.15) is 11.1 Å². The molecule has 0 saturated heterocycles. The Morgan fingerprint density at radius 3 is 1.08 bits per heavy atom. The molecule has 0 saturated carbocycles. The maximum atomic E-state index is 15.0. The van der Waals surface area contributed by atoms with E-state index in [4.69, 9.17) is 4.98 Å². The van der Waals surface area contributed by atoms with E-state index >= 15 is 0 Å². The number of fused-ring (bicyclic) bond motifs is 14.